The maximum Gasteiger partial charge on any atom is 0.207 e. The van der Waals surface area contributed by atoms with E-state index in [0.29, 0.717) is 19.0 Å². The fourth-order valence-corrected chi connectivity index (χ4v) is 24.3. The number of rotatable bonds is 9. The van der Waals surface area contributed by atoms with Crippen LogP contribution in [-0.4, -0.2) is 26.8 Å². The summed E-state index contributed by atoms with van der Waals surface area (Å²) in [5.74, 6) is 5.31. The first-order valence-corrected chi connectivity index (χ1v) is 50.8. The molecular formula is C121H138B2F3N3O2P2. The Labute approximate surface area is 798 Å². The van der Waals surface area contributed by atoms with Crippen LogP contribution in [0.1, 0.15) is 157 Å². The van der Waals surface area contributed by atoms with Crippen molar-refractivity contribution in [1.29, 1.82) is 10.5 Å². The Morgan fingerprint density at radius 2 is 0.677 bits per heavy atom. The number of nitrogens with zero attached hydrogens (tertiary/aromatic N) is 3. The van der Waals surface area contributed by atoms with E-state index in [1.54, 1.807) is 75.4 Å². The van der Waals surface area contributed by atoms with Crippen molar-refractivity contribution in [2.24, 2.45) is 29.6 Å². The first kappa shape index (κ1) is 108. The van der Waals surface area contributed by atoms with Crippen LogP contribution >= 0.6 is 14.3 Å². The highest BCUT2D eigenvalue weighted by Crippen LogP contribution is 2.57. The molecule has 0 radical (unpaired) electrons. The minimum atomic E-state index is -2.59. The SMILES string of the molecule is CB(c1c(C)cc(C)cc1C)c1c(C)cc(C)cc1C.CB(c1ccccc1)c1ccccc1.CCC1C2CC3CC(C2)CC1C3.CP(=O)(c1ccccc1)c1ccccc1.Cc1cc(C)c(P(C)(=O)c2c(C)cc(C)cc2C)c(C)c1.Cc1ccc(C#N)cc1.Cc1ccc(F)cc1.Cc1cccc(C#N)c1.Cc1cccc(F)c1.Cc1ccccc1F.[C-]#[N+]c1ccccc1C. The second-order valence-electron chi connectivity index (χ2n) is 36.6. The van der Waals surface area contributed by atoms with Gasteiger partial charge in [-0.05, 0) is 299 Å². The van der Waals surface area contributed by atoms with Gasteiger partial charge in [0.05, 0.1) is 29.8 Å². The third-order valence-electron chi connectivity index (χ3n) is 25.1. The first-order chi connectivity index (χ1) is 63.3. The summed E-state index contributed by atoms with van der Waals surface area (Å²) in [7, 11) is -4.98. The van der Waals surface area contributed by atoms with Crippen LogP contribution in [0.25, 0.3) is 4.85 Å². The van der Waals surface area contributed by atoms with E-state index in [4.69, 9.17) is 17.1 Å². The number of hydrogen-bond donors (Lipinski definition) is 0. The minimum Gasteiger partial charge on any atom is -0.314 e. The number of para-hydroxylation sites is 1. The van der Waals surface area contributed by atoms with E-state index in [2.05, 4.69) is 230 Å². The average molecular weight is 1810 g/mol. The van der Waals surface area contributed by atoms with Gasteiger partial charge in [-0.3, -0.25) is 0 Å². The van der Waals surface area contributed by atoms with Crippen LogP contribution in [0.5, 0.6) is 0 Å². The Kier molecular flexibility index (Phi) is 43.5. The lowest BCUT2D eigenvalue weighted by Crippen LogP contribution is -2.45. The highest BCUT2D eigenvalue weighted by molar-refractivity contribution is 7.78. The van der Waals surface area contributed by atoms with Crippen LogP contribution in [-0.2, 0) is 9.13 Å². The van der Waals surface area contributed by atoms with E-state index in [9.17, 15) is 22.3 Å². The molecule has 14 aromatic rings. The quantitative estimate of drug-likeness (QED) is 0.0818. The Bertz CT molecular complexity index is 5880. The fourth-order valence-electron chi connectivity index (χ4n) is 19.4. The van der Waals surface area contributed by atoms with Gasteiger partial charge in [0.15, 0.2) is 5.69 Å². The molecule has 5 nitrogen and oxygen atoms in total. The Morgan fingerprint density at radius 1 is 0.331 bits per heavy atom. The van der Waals surface area contributed by atoms with E-state index in [1.165, 1.54) is 109 Å². The standard InChI is InChI=1S/C19H25B.C19H25OP.C13H13B.C13H13OP.C12H20.3C8H7N.3C7H7F/c1-12-8-14(3)18(15(4)9-12)20(7)19-16(5)10-13(2)11-17(19)6;1-12-8-14(3)18(15(4)9-12)21(7,20)19-16(5)10-13(2)11-17(19)6;1-14(12-8-4-2-5-9-12)13-10-6-3-7-11-13;1-15(14,12-8-4-2-5-9-12)13-10-6-3-7-11-13;1-2-12-10-4-8-3-9(6-10)7-11(12)5-8;1-7-5-3-4-6-8(7)9-2;1-7-2-4-8(6-9)5-3-7;1-7-3-2-4-8(5-7)6-9;1-6-2-4-7(8)5-3-6;1-6-3-2-4-7(8)5-6;1-6-4-2-3-5-7(6)8/h8-11H,1-7H3;8-11H,1-7H3;2-11H,1H3;2-11H,1H3;8-12H,2-7H2,1H3;3-6H,1H3;2*2-5H,1H3;3*2-5H,1H3. The molecule has 0 aliphatic heterocycles. The van der Waals surface area contributed by atoms with E-state index < -0.39 is 14.3 Å². The molecule has 686 valence electrons. The maximum atomic E-state index is 13.7. The third-order valence-corrected chi connectivity index (χ3v) is 30.8. The van der Waals surface area contributed by atoms with Gasteiger partial charge >= 0.3 is 0 Å². The van der Waals surface area contributed by atoms with Gasteiger partial charge in [0.1, 0.15) is 31.7 Å². The Balaban J connectivity index is 0.000000203. The molecule has 0 amide bonds. The van der Waals surface area contributed by atoms with Crippen LogP contribution in [0.3, 0.4) is 0 Å². The molecule has 4 saturated carbocycles. The molecule has 4 aliphatic rings. The molecule has 4 aliphatic carbocycles. The van der Waals surface area contributed by atoms with Gasteiger partial charge in [0.2, 0.25) is 13.4 Å². The Morgan fingerprint density at radius 3 is 0.985 bits per heavy atom. The van der Waals surface area contributed by atoms with E-state index in [0.717, 1.165) is 112 Å². The summed E-state index contributed by atoms with van der Waals surface area (Å²) in [4.78, 5) is 3.32. The molecule has 4 bridgehead atoms. The second kappa shape index (κ2) is 53.6. The fraction of sp³-hybridized carbons (Fsp3) is 0.281. The normalized spacial score (nSPS) is 14.2. The van der Waals surface area contributed by atoms with Crippen molar-refractivity contribution in [2.45, 2.75) is 184 Å². The summed E-state index contributed by atoms with van der Waals surface area (Å²) < 4.78 is 62.9. The van der Waals surface area contributed by atoms with Crippen molar-refractivity contribution < 1.29 is 22.3 Å². The summed E-state index contributed by atoms with van der Waals surface area (Å²) in [6, 6.07) is 105. The molecule has 0 heterocycles. The van der Waals surface area contributed by atoms with E-state index in [-0.39, 0.29) is 17.5 Å². The molecule has 0 unspecified atom stereocenters. The lowest BCUT2D eigenvalue weighted by atomic mass is 9.39. The Hall–Kier alpha value is -12.1. The van der Waals surface area contributed by atoms with Gasteiger partial charge in [-0.15, -0.1) is 0 Å². The molecule has 0 saturated heterocycles. The second-order valence-corrected chi connectivity index (χ2v) is 42.2. The van der Waals surface area contributed by atoms with Crippen molar-refractivity contribution in [3.05, 3.63) is 456 Å². The molecule has 0 atom stereocenters. The number of benzene rings is 14. The van der Waals surface area contributed by atoms with Crippen molar-refractivity contribution in [3.8, 4) is 12.1 Å². The largest absolute Gasteiger partial charge is 0.314 e. The molecule has 133 heavy (non-hydrogen) atoms. The molecule has 12 heteroatoms. The van der Waals surface area contributed by atoms with Gasteiger partial charge in [0, 0.05) is 21.2 Å². The summed E-state index contributed by atoms with van der Waals surface area (Å²) in [5, 5.41) is 20.7. The van der Waals surface area contributed by atoms with E-state index in [1.807, 2.05) is 187 Å². The van der Waals surface area contributed by atoms with Crippen LogP contribution in [0, 0.1) is 201 Å². The van der Waals surface area contributed by atoms with Gasteiger partial charge in [-0.2, -0.15) is 10.5 Å². The topological polar surface area (TPSA) is 86.1 Å². The zero-order chi connectivity index (χ0) is 97.7. The zero-order valence-electron chi connectivity index (χ0n) is 83.0. The van der Waals surface area contributed by atoms with Crippen LogP contribution < -0.4 is 43.1 Å². The van der Waals surface area contributed by atoms with Crippen molar-refractivity contribution in [1.82, 2.24) is 0 Å². The van der Waals surface area contributed by atoms with Crippen LogP contribution in [0.15, 0.2) is 315 Å². The predicted molar refractivity (Wildman–Crippen MR) is 569 cm³/mol. The van der Waals surface area contributed by atoms with Crippen molar-refractivity contribution in [2.75, 3.05) is 13.3 Å². The van der Waals surface area contributed by atoms with Gasteiger partial charge < -0.3 is 9.13 Å². The van der Waals surface area contributed by atoms with Gasteiger partial charge in [-0.1, -0.05) is 365 Å². The summed E-state index contributed by atoms with van der Waals surface area (Å²) in [6.07, 6.45) is 9.48. The molecule has 0 aromatic heterocycles. The summed E-state index contributed by atoms with van der Waals surface area (Å²) in [5.41, 5.74) is 29.4. The molecule has 14 aromatic carbocycles. The molecule has 4 fully saturated rings. The number of hydrogen-bond acceptors (Lipinski definition) is 4. The number of aryl methyl sites for hydroxylation is 18. The van der Waals surface area contributed by atoms with Crippen molar-refractivity contribution in [3.63, 3.8) is 0 Å². The van der Waals surface area contributed by atoms with E-state index >= 15 is 0 Å². The highest BCUT2D eigenvalue weighted by atomic mass is 31.2. The van der Waals surface area contributed by atoms with Gasteiger partial charge in [0.25, 0.3) is 0 Å². The lowest BCUT2D eigenvalue weighted by molar-refractivity contribution is -0.0376. The summed E-state index contributed by atoms with van der Waals surface area (Å²) in [6.45, 7) is 55.6. The van der Waals surface area contributed by atoms with Crippen LogP contribution in [0.2, 0.25) is 13.6 Å². The zero-order valence-corrected chi connectivity index (χ0v) is 84.8. The highest BCUT2D eigenvalue weighted by Gasteiger charge is 2.47. The minimum absolute atomic E-state index is 0.132. The monoisotopic (exact) mass is 1810 g/mol. The smallest absolute Gasteiger partial charge is 0.207 e. The third kappa shape index (κ3) is 33.9. The average Bonchev–Trinajstić information content (AvgIpc) is 0.741. The predicted octanol–water partition coefficient (Wildman–Crippen LogP) is 29.0. The number of halogens is 3. The van der Waals surface area contributed by atoms with Gasteiger partial charge in [-0.25, -0.2) is 18.0 Å². The van der Waals surface area contributed by atoms with Crippen LogP contribution in [0.4, 0.5) is 18.9 Å². The maximum absolute atomic E-state index is 13.7. The number of nitriles is 2. The molecule has 18 rings (SSSR count). The first-order valence-electron chi connectivity index (χ1n) is 46.5. The molecule has 0 spiro atoms. The molecular weight excluding hydrogens is 1670 g/mol. The molecule has 0 N–H and O–H groups in total. The van der Waals surface area contributed by atoms with Crippen molar-refractivity contribution >= 4 is 76.5 Å². The lowest BCUT2D eigenvalue weighted by Gasteiger charge is -2.54. The summed E-state index contributed by atoms with van der Waals surface area (Å²) >= 11 is 0.